The lowest BCUT2D eigenvalue weighted by molar-refractivity contribution is -0.137. The standard InChI is InChI=1S/C31H36F4N8O2/c1-5-18-13-43-19(11-37-18)17(4)45-28-21-24(23(32)26(39-28)25-22(31(33,34)35)16(3)9-20(36)38-25)40-29(41-27(21)43)44-14-30-7-6-8-42(30)12-15(2)10-30/h9,17-19,37H,2,5-8,10-14H2,1,3-4H3,(H2,36,38)/t17-,18+,19-,30-/m0/s1. The van der Waals surface area contributed by atoms with Crippen LogP contribution in [0.2, 0.25) is 0 Å². The topological polar surface area (TPSA) is 115 Å². The molecule has 7 rings (SSSR count). The van der Waals surface area contributed by atoms with Crippen molar-refractivity contribution in [3.8, 4) is 23.3 Å². The van der Waals surface area contributed by atoms with Crippen molar-refractivity contribution in [1.82, 2.24) is 30.2 Å². The number of nitrogens with two attached hydrogens (primary N) is 1. The lowest BCUT2D eigenvalue weighted by atomic mass is 9.94. The third-order valence-electron chi connectivity index (χ3n) is 9.70. The van der Waals surface area contributed by atoms with Crippen molar-refractivity contribution in [3.05, 3.63) is 35.2 Å². The van der Waals surface area contributed by atoms with Crippen LogP contribution < -0.4 is 25.4 Å². The summed E-state index contributed by atoms with van der Waals surface area (Å²) in [6, 6.07) is 0.945. The van der Waals surface area contributed by atoms with Gasteiger partial charge in [-0.2, -0.15) is 23.1 Å². The number of halogens is 4. The van der Waals surface area contributed by atoms with Gasteiger partial charge in [0.25, 0.3) is 0 Å². The Balaban J connectivity index is 1.43. The molecule has 4 atom stereocenters. The van der Waals surface area contributed by atoms with Gasteiger partial charge in [-0.3, -0.25) is 4.90 Å². The molecule has 4 aliphatic heterocycles. The van der Waals surface area contributed by atoms with Crippen molar-refractivity contribution in [2.75, 3.05) is 43.4 Å². The molecule has 14 heteroatoms. The summed E-state index contributed by atoms with van der Waals surface area (Å²) in [5.74, 6) is -0.976. The molecule has 7 heterocycles. The Hall–Kier alpha value is -3.78. The lowest BCUT2D eigenvalue weighted by Gasteiger charge is -2.42. The van der Waals surface area contributed by atoms with Crippen LogP contribution in [0, 0.1) is 12.7 Å². The fraction of sp³-hybridized carbons (Fsp3) is 0.548. The van der Waals surface area contributed by atoms with Crippen molar-refractivity contribution in [3.63, 3.8) is 0 Å². The summed E-state index contributed by atoms with van der Waals surface area (Å²) in [7, 11) is 0. The van der Waals surface area contributed by atoms with E-state index in [-0.39, 0.29) is 58.4 Å². The minimum atomic E-state index is -4.85. The first-order valence-corrected chi connectivity index (χ1v) is 15.4. The maximum atomic E-state index is 16.7. The number of alkyl halides is 3. The van der Waals surface area contributed by atoms with Crippen molar-refractivity contribution < 1.29 is 27.0 Å². The van der Waals surface area contributed by atoms with E-state index < -0.39 is 35.0 Å². The molecule has 0 unspecified atom stereocenters. The Morgan fingerprint density at radius 2 is 2.02 bits per heavy atom. The molecule has 0 radical (unpaired) electrons. The first-order valence-electron chi connectivity index (χ1n) is 15.4. The molecule has 3 aromatic rings. The Kier molecular flexibility index (Phi) is 7.08. The Morgan fingerprint density at radius 3 is 2.78 bits per heavy atom. The molecular weight excluding hydrogens is 592 g/mol. The predicted octanol–water partition coefficient (Wildman–Crippen LogP) is 4.65. The summed E-state index contributed by atoms with van der Waals surface area (Å²) in [6.45, 7) is 12.5. The molecule has 45 heavy (non-hydrogen) atoms. The first-order chi connectivity index (χ1) is 21.4. The fourth-order valence-corrected chi connectivity index (χ4v) is 7.52. The van der Waals surface area contributed by atoms with Crippen LogP contribution in [-0.4, -0.2) is 81.3 Å². The van der Waals surface area contributed by atoms with E-state index in [9.17, 15) is 13.2 Å². The quantitative estimate of drug-likeness (QED) is 0.306. The van der Waals surface area contributed by atoms with Gasteiger partial charge in [0.05, 0.1) is 17.1 Å². The van der Waals surface area contributed by atoms with E-state index in [2.05, 4.69) is 43.6 Å². The van der Waals surface area contributed by atoms with Crippen LogP contribution in [0.25, 0.3) is 22.3 Å². The molecule has 3 N–H and O–H groups in total. The van der Waals surface area contributed by atoms with Crippen LogP contribution in [0.3, 0.4) is 0 Å². The van der Waals surface area contributed by atoms with Gasteiger partial charge >= 0.3 is 12.2 Å². The predicted molar refractivity (Wildman–Crippen MR) is 161 cm³/mol. The molecule has 240 valence electrons. The molecule has 0 spiro atoms. The van der Waals surface area contributed by atoms with Crippen LogP contribution in [0.4, 0.5) is 29.2 Å². The smallest absolute Gasteiger partial charge is 0.418 e. The van der Waals surface area contributed by atoms with E-state index in [4.69, 9.17) is 20.2 Å². The molecule has 0 amide bonds. The second kappa shape index (κ2) is 10.6. The van der Waals surface area contributed by atoms with Crippen molar-refractivity contribution in [2.45, 2.75) is 76.4 Å². The molecule has 0 saturated carbocycles. The number of aryl methyl sites for hydroxylation is 1. The average molecular weight is 629 g/mol. The third kappa shape index (κ3) is 4.93. The second-order valence-corrected chi connectivity index (χ2v) is 12.7. The molecule has 3 fully saturated rings. The van der Waals surface area contributed by atoms with E-state index in [0.29, 0.717) is 18.9 Å². The van der Waals surface area contributed by atoms with Gasteiger partial charge in [-0.05, 0) is 57.7 Å². The number of nitrogens with zero attached hydrogens (tertiary/aromatic N) is 6. The van der Waals surface area contributed by atoms with E-state index in [0.717, 1.165) is 50.4 Å². The highest BCUT2D eigenvalue weighted by molar-refractivity contribution is 5.97. The highest BCUT2D eigenvalue weighted by atomic mass is 19.4. The zero-order valence-electron chi connectivity index (χ0n) is 25.5. The lowest BCUT2D eigenvalue weighted by Crippen LogP contribution is -2.60. The van der Waals surface area contributed by atoms with Crippen LogP contribution in [0.1, 0.15) is 50.7 Å². The summed E-state index contributed by atoms with van der Waals surface area (Å²) >= 11 is 0. The third-order valence-corrected chi connectivity index (χ3v) is 9.70. The summed E-state index contributed by atoms with van der Waals surface area (Å²) in [5, 5.41) is 3.70. The number of rotatable bonds is 5. The highest BCUT2D eigenvalue weighted by Gasteiger charge is 2.47. The first kappa shape index (κ1) is 29.9. The van der Waals surface area contributed by atoms with E-state index in [1.807, 2.05) is 6.92 Å². The number of fused-ring (bicyclic) bond motifs is 3. The van der Waals surface area contributed by atoms with Gasteiger partial charge in [-0.1, -0.05) is 19.1 Å². The highest BCUT2D eigenvalue weighted by Crippen LogP contribution is 2.46. The molecule has 0 aromatic carbocycles. The fourth-order valence-electron chi connectivity index (χ4n) is 7.52. The largest absolute Gasteiger partial charge is 0.472 e. The van der Waals surface area contributed by atoms with E-state index in [1.165, 1.54) is 6.92 Å². The van der Waals surface area contributed by atoms with Gasteiger partial charge in [0.1, 0.15) is 46.6 Å². The number of hydrogen-bond acceptors (Lipinski definition) is 10. The average Bonchev–Trinajstić information content (AvgIpc) is 3.47. The minimum absolute atomic E-state index is 0.0640. The van der Waals surface area contributed by atoms with Crippen molar-refractivity contribution in [2.24, 2.45) is 0 Å². The zero-order chi connectivity index (χ0) is 31.8. The summed E-state index contributed by atoms with van der Waals surface area (Å²) < 4.78 is 72.3. The Labute approximate surface area is 258 Å². The van der Waals surface area contributed by atoms with Crippen molar-refractivity contribution >= 4 is 22.5 Å². The normalized spacial score (nSPS) is 26.5. The summed E-state index contributed by atoms with van der Waals surface area (Å²) in [4.78, 5) is 22.0. The number of piperazine rings is 1. The molecule has 3 aromatic heterocycles. The molecule has 4 aliphatic rings. The number of nitrogen functional groups attached to an aromatic ring is 1. The van der Waals surface area contributed by atoms with Gasteiger partial charge in [0.15, 0.2) is 5.82 Å². The van der Waals surface area contributed by atoms with Crippen LogP contribution in [0.5, 0.6) is 11.9 Å². The Bertz CT molecular complexity index is 1700. The summed E-state index contributed by atoms with van der Waals surface area (Å²) in [6.07, 6.45) is -1.76. The molecule has 3 saturated heterocycles. The number of anilines is 2. The van der Waals surface area contributed by atoms with Gasteiger partial charge < -0.3 is 25.4 Å². The maximum absolute atomic E-state index is 16.7. The van der Waals surface area contributed by atoms with Crippen LogP contribution in [0.15, 0.2) is 18.2 Å². The van der Waals surface area contributed by atoms with E-state index >= 15 is 4.39 Å². The number of pyridine rings is 2. The Morgan fingerprint density at radius 1 is 1.22 bits per heavy atom. The SMILES string of the molecule is C=C1CN2CCC[C@@]2(COc2nc3c4c(nc(-c5nc(N)cc(C)c5C(F)(F)F)c(F)c4n2)O[C@@H](C)[C@@H]2CN[C@H](CC)CN32)C1. The van der Waals surface area contributed by atoms with Gasteiger partial charge in [-0.15, -0.1) is 0 Å². The van der Waals surface area contributed by atoms with Gasteiger partial charge in [0, 0.05) is 25.7 Å². The second-order valence-electron chi connectivity index (χ2n) is 12.7. The molecular formula is C31H36F4N8O2. The number of aromatic nitrogens is 4. The van der Waals surface area contributed by atoms with Crippen molar-refractivity contribution in [1.29, 1.82) is 0 Å². The monoisotopic (exact) mass is 628 g/mol. The van der Waals surface area contributed by atoms with Gasteiger partial charge in [-0.25, -0.2) is 14.4 Å². The molecule has 10 nitrogen and oxygen atoms in total. The van der Waals surface area contributed by atoms with Gasteiger partial charge in [0.2, 0.25) is 5.88 Å². The number of hydrogen-bond donors (Lipinski definition) is 2. The summed E-state index contributed by atoms with van der Waals surface area (Å²) in [5.41, 5.74) is 3.80. The zero-order valence-corrected chi connectivity index (χ0v) is 25.5. The maximum Gasteiger partial charge on any atom is 0.418 e. The van der Waals surface area contributed by atoms with E-state index in [1.54, 1.807) is 0 Å². The van der Waals surface area contributed by atoms with Crippen LogP contribution in [-0.2, 0) is 6.18 Å². The minimum Gasteiger partial charge on any atom is -0.472 e. The number of nitrogens with one attached hydrogen (secondary N) is 1. The molecule has 0 bridgehead atoms. The number of ether oxygens (including phenoxy) is 2. The van der Waals surface area contributed by atoms with Crippen LogP contribution >= 0.6 is 0 Å². The molecule has 0 aliphatic carbocycles.